The van der Waals surface area contributed by atoms with Crippen LogP contribution in [0, 0.1) is 0 Å². The van der Waals surface area contributed by atoms with Gasteiger partial charge in [0.15, 0.2) is 6.61 Å². The highest BCUT2D eigenvalue weighted by Gasteiger charge is 2.47. The van der Waals surface area contributed by atoms with Crippen LogP contribution in [0.2, 0.25) is 0 Å². The van der Waals surface area contributed by atoms with Crippen LogP contribution in [0.15, 0.2) is 66.9 Å². The summed E-state index contributed by atoms with van der Waals surface area (Å²) < 4.78 is 5.38. The number of esters is 1. The molecule has 1 aromatic heterocycles. The van der Waals surface area contributed by atoms with Crippen molar-refractivity contribution in [3.8, 4) is 0 Å². The van der Waals surface area contributed by atoms with Crippen molar-refractivity contribution in [2.24, 2.45) is 0 Å². The fourth-order valence-corrected chi connectivity index (χ4v) is 3.57. The molecule has 1 N–H and O–H groups in total. The van der Waals surface area contributed by atoms with Gasteiger partial charge in [0, 0.05) is 11.6 Å². The third-order valence-electron chi connectivity index (χ3n) is 5.18. The number of carbonyl (C=O) groups excluding carboxylic acids is 2. The van der Waals surface area contributed by atoms with E-state index in [1.54, 1.807) is 12.3 Å². The summed E-state index contributed by atoms with van der Waals surface area (Å²) in [5, 5.41) is 3.66. The van der Waals surface area contributed by atoms with E-state index in [-0.39, 0.29) is 18.5 Å². The number of carbonyl (C=O) groups is 2. The predicted octanol–water partition coefficient (Wildman–Crippen LogP) is 3.84. The molecule has 3 aromatic rings. The van der Waals surface area contributed by atoms with Crippen LogP contribution in [0.1, 0.15) is 24.8 Å². The molecule has 1 aliphatic rings. The monoisotopic (exact) mass is 360 g/mol. The highest BCUT2D eigenvalue weighted by atomic mass is 16.5. The number of benzene rings is 2. The Morgan fingerprint density at radius 2 is 1.81 bits per heavy atom. The lowest BCUT2D eigenvalue weighted by Gasteiger charge is -2.39. The topological polar surface area (TPSA) is 68.3 Å². The van der Waals surface area contributed by atoms with E-state index in [1.165, 1.54) is 0 Å². The molecule has 0 unspecified atom stereocenters. The molecule has 27 heavy (non-hydrogen) atoms. The van der Waals surface area contributed by atoms with Gasteiger partial charge in [-0.1, -0.05) is 42.8 Å². The number of rotatable bonds is 5. The second-order valence-electron chi connectivity index (χ2n) is 6.80. The first-order chi connectivity index (χ1) is 13.2. The van der Waals surface area contributed by atoms with Gasteiger partial charge in [-0.15, -0.1) is 0 Å². The lowest BCUT2D eigenvalue weighted by atomic mass is 9.64. The second kappa shape index (κ2) is 7.19. The maximum absolute atomic E-state index is 12.7. The number of nitrogens with zero attached hydrogens (tertiary/aromatic N) is 1. The molecule has 5 heteroatoms. The Morgan fingerprint density at radius 1 is 1.00 bits per heavy atom. The van der Waals surface area contributed by atoms with Gasteiger partial charge in [-0.2, -0.15) is 0 Å². The van der Waals surface area contributed by atoms with Crippen LogP contribution in [0.4, 0.5) is 5.69 Å². The summed E-state index contributed by atoms with van der Waals surface area (Å²) in [5.41, 5.74) is 1.81. The van der Waals surface area contributed by atoms with Gasteiger partial charge < -0.3 is 10.1 Å². The minimum Gasteiger partial charge on any atom is -0.455 e. The molecule has 1 heterocycles. The highest BCUT2D eigenvalue weighted by Crippen LogP contribution is 2.44. The van der Waals surface area contributed by atoms with Crippen molar-refractivity contribution in [2.75, 3.05) is 11.9 Å². The summed E-state index contributed by atoms with van der Waals surface area (Å²) in [6, 6.07) is 18.9. The SMILES string of the molecule is O=C(COC(=O)C1(c2ccccc2)CCC1)Nc1cccc2ncccc12. The molecule has 0 atom stereocenters. The summed E-state index contributed by atoms with van der Waals surface area (Å²) in [7, 11) is 0. The molecule has 4 rings (SSSR count). The Kier molecular flexibility index (Phi) is 4.59. The first-order valence-electron chi connectivity index (χ1n) is 9.05. The van der Waals surface area contributed by atoms with E-state index in [1.807, 2.05) is 54.6 Å². The van der Waals surface area contributed by atoms with Gasteiger partial charge in [0.05, 0.1) is 16.6 Å². The van der Waals surface area contributed by atoms with Crippen molar-refractivity contribution in [1.82, 2.24) is 4.98 Å². The number of hydrogen-bond acceptors (Lipinski definition) is 4. The number of hydrogen-bond donors (Lipinski definition) is 1. The maximum Gasteiger partial charge on any atom is 0.317 e. The quantitative estimate of drug-likeness (QED) is 0.702. The van der Waals surface area contributed by atoms with Crippen molar-refractivity contribution >= 4 is 28.5 Å². The second-order valence-corrected chi connectivity index (χ2v) is 6.80. The summed E-state index contributed by atoms with van der Waals surface area (Å²) in [6.45, 7) is -0.302. The van der Waals surface area contributed by atoms with E-state index in [2.05, 4.69) is 10.3 Å². The van der Waals surface area contributed by atoms with Crippen LogP contribution in [-0.4, -0.2) is 23.5 Å². The molecular formula is C22H20N2O3. The van der Waals surface area contributed by atoms with Crippen molar-refractivity contribution in [1.29, 1.82) is 0 Å². The molecule has 0 radical (unpaired) electrons. The van der Waals surface area contributed by atoms with Crippen LogP contribution < -0.4 is 5.32 Å². The third kappa shape index (κ3) is 3.28. The molecule has 5 nitrogen and oxygen atoms in total. The van der Waals surface area contributed by atoms with Gasteiger partial charge in [-0.05, 0) is 42.7 Å². The fourth-order valence-electron chi connectivity index (χ4n) is 3.57. The van der Waals surface area contributed by atoms with E-state index >= 15 is 0 Å². The van der Waals surface area contributed by atoms with Gasteiger partial charge in [-0.25, -0.2) is 0 Å². The smallest absolute Gasteiger partial charge is 0.317 e. The maximum atomic E-state index is 12.7. The average molecular weight is 360 g/mol. The first kappa shape index (κ1) is 17.2. The van der Waals surface area contributed by atoms with Gasteiger partial charge in [0.1, 0.15) is 0 Å². The van der Waals surface area contributed by atoms with E-state index in [4.69, 9.17) is 4.74 Å². The molecular weight excluding hydrogens is 340 g/mol. The van der Waals surface area contributed by atoms with E-state index in [0.717, 1.165) is 35.7 Å². The number of amides is 1. The Balaban J connectivity index is 1.42. The average Bonchev–Trinajstić information content (AvgIpc) is 2.67. The van der Waals surface area contributed by atoms with Crippen LogP contribution >= 0.6 is 0 Å². The molecule has 0 aliphatic heterocycles. The zero-order valence-electron chi connectivity index (χ0n) is 14.9. The standard InChI is InChI=1S/C22H20N2O3/c25-20(24-19-11-4-10-18-17(19)9-5-14-23-18)15-27-21(26)22(12-6-13-22)16-7-2-1-3-8-16/h1-5,7-11,14H,6,12-13,15H2,(H,24,25). The number of fused-ring (bicyclic) bond motifs is 1. The molecule has 2 aromatic carbocycles. The van der Waals surface area contributed by atoms with Gasteiger partial charge in [0.2, 0.25) is 0 Å². The van der Waals surface area contributed by atoms with Crippen molar-refractivity contribution in [3.63, 3.8) is 0 Å². The van der Waals surface area contributed by atoms with Crippen LogP contribution in [0.3, 0.4) is 0 Å². The molecule has 0 saturated heterocycles. The minimum atomic E-state index is -0.606. The van der Waals surface area contributed by atoms with Crippen LogP contribution in [-0.2, 0) is 19.7 Å². The summed E-state index contributed by atoms with van der Waals surface area (Å²) in [4.78, 5) is 29.3. The van der Waals surface area contributed by atoms with Crippen LogP contribution in [0.5, 0.6) is 0 Å². The molecule has 0 spiro atoms. The zero-order valence-corrected chi connectivity index (χ0v) is 14.9. The molecule has 1 amide bonds. The molecule has 1 fully saturated rings. The van der Waals surface area contributed by atoms with Crippen molar-refractivity contribution in [2.45, 2.75) is 24.7 Å². The van der Waals surface area contributed by atoms with Gasteiger partial charge in [0.25, 0.3) is 5.91 Å². The minimum absolute atomic E-state index is 0.302. The normalized spacial score (nSPS) is 15.0. The lowest BCUT2D eigenvalue weighted by molar-refractivity contribution is -0.156. The summed E-state index contributed by atoms with van der Waals surface area (Å²) in [6.07, 6.45) is 4.20. The number of nitrogens with one attached hydrogen (secondary N) is 1. The van der Waals surface area contributed by atoms with E-state index in [9.17, 15) is 9.59 Å². The van der Waals surface area contributed by atoms with Gasteiger partial charge in [-0.3, -0.25) is 14.6 Å². The third-order valence-corrected chi connectivity index (χ3v) is 5.18. The summed E-state index contributed by atoms with van der Waals surface area (Å²) >= 11 is 0. The van der Waals surface area contributed by atoms with E-state index in [0.29, 0.717) is 5.69 Å². The molecule has 1 saturated carbocycles. The first-order valence-corrected chi connectivity index (χ1v) is 9.05. The number of ether oxygens (including phenoxy) is 1. The van der Waals surface area contributed by atoms with Crippen LogP contribution in [0.25, 0.3) is 10.9 Å². The van der Waals surface area contributed by atoms with Crippen molar-refractivity contribution < 1.29 is 14.3 Å². The number of aromatic nitrogens is 1. The molecule has 1 aliphatic carbocycles. The zero-order chi connectivity index (χ0) is 18.7. The Labute approximate surface area is 157 Å². The highest BCUT2D eigenvalue weighted by molar-refractivity contribution is 6.02. The molecule has 136 valence electrons. The van der Waals surface area contributed by atoms with E-state index < -0.39 is 5.41 Å². The molecule has 0 bridgehead atoms. The Hall–Kier alpha value is -3.21. The Bertz CT molecular complexity index is 976. The number of pyridine rings is 1. The predicted molar refractivity (Wildman–Crippen MR) is 103 cm³/mol. The fraction of sp³-hybridized carbons (Fsp3) is 0.227. The van der Waals surface area contributed by atoms with Gasteiger partial charge >= 0.3 is 5.97 Å². The summed E-state index contributed by atoms with van der Waals surface area (Å²) in [5.74, 6) is -0.683. The lowest BCUT2D eigenvalue weighted by Crippen LogP contribution is -2.44. The number of anilines is 1. The van der Waals surface area contributed by atoms with Crippen molar-refractivity contribution in [3.05, 3.63) is 72.4 Å². The Morgan fingerprint density at radius 3 is 2.56 bits per heavy atom. The largest absolute Gasteiger partial charge is 0.455 e.